The molecular weight excluding hydrogens is 216 g/mol. The molecule has 1 unspecified atom stereocenters. The van der Waals surface area contributed by atoms with E-state index in [9.17, 15) is 9.90 Å². The molecule has 4 nitrogen and oxygen atoms in total. The third-order valence-corrected chi connectivity index (χ3v) is 2.77. The predicted octanol–water partition coefficient (Wildman–Crippen LogP) is 1.31. The molecule has 0 aromatic heterocycles. The molecule has 0 spiro atoms. The maximum Gasteiger partial charge on any atom is 0.221 e. The molecule has 1 amide bonds. The Kier molecular flexibility index (Phi) is 4.97. The van der Waals surface area contributed by atoms with Gasteiger partial charge in [0.2, 0.25) is 5.91 Å². The molecule has 4 heteroatoms. The lowest BCUT2D eigenvalue weighted by Gasteiger charge is -2.19. The molecule has 0 fully saturated rings. The fourth-order valence-corrected chi connectivity index (χ4v) is 1.53. The Balaban J connectivity index is 2.57. The average molecular weight is 236 g/mol. The van der Waals surface area contributed by atoms with Crippen LogP contribution < -0.4 is 10.2 Å². The van der Waals surface area contributed by atoms with Crippen LogP contribution in [0.3, 0.4) is 0 Å². The highest BCUT2D eigenvalue weighted by Gasteiger charge is 2.05. The predicted molar refractivity (Wildman–Crippen MR) is 69.0 cm³/mol. The number of aliphatic hydroxyl groups excluding tert-OH is 1. The van der Waals surface area contributed by atoms with Crippen molar-refractivity contribution in [2.75, 3.05) is 25.5 Å². The second-order valence-corrected chi connectivity index (χ2v) is 4.11. The first-order valence-electron chi connectivity index (χ1n) is 5.74. The average Bonchev–Trinajstić information content (AvgIpc) is 2.35. The molecule has 0 aliphatic carbocycles. The van der Waals surface area contributed by atoms with Gasteiger partial charge in [-0.3, -0.25) is 4.79 Å². The molecule has 1 aromatic carbocycles. The number of hydrogen-bond donors (Lipinski definition) is 2. The number of rotatable bonds is 5. The van der Waals surface area contributed by atoms with Crippen LogP contribution in [-0.2, 0) is 4.79 Å². The van der Waals surface area contributed by atoms with Crippen LogP contribution in [0, 0.1) is 0 Å². The van der Waals surface area contributed by atoms with Gasteiger partial charge in [0.1, 0.15) is 0 Å². The highest BCUT2D eigenvalue weighted by molar-refractivity contribution is 5.76. The molecule has 0 saturated heterocycles. The van der Waals surface area contributed by atoms with Crippen molar-refractivity contribution in [1.82, 2.24) is 5.32 Å². The van der Waals surface area contributed by atoms with Gasteiger partial charge in [-0.25, -0.2) is 0 Å². The molecule has 0 heterocycles. The molecule has 17 heavy (non-hydrogen) atoms. The summed E-state index contributed by atoms with van der Waals surface area (Å²) in [5.74, 6) is 0.0393. The largest absolute Gasteiger partial charge is 0.389 e. The van der Waals surface area contributed by atoms with Crippen molar-refractivity contribution in [3.05, 3.63) is 29.8 Å². The fourth-order valence-electron chi connectivity index (χ4n) is 1.53. The van der Waals surface area contributed by atoms with Crippen molar-refractivity contribution in [3.8, 4) is 0 Å². The molecule has 94 valence electrons. The third-order valence-electron chi connectivity index (χ3n) is 2.77. The molecular formula is C13H20N2O2. The Labute approximate surface area is 102 Å². The van der Waals surface area contributed by atoms with Gasteiger partial charge in [-0.2, -0.15) is 0 Å². The number of anilines is 1. The van der Waals surface area contributed by atoms with Gasteiger partial charge in [0.25, 0.3) is 0 Å². The van der Waals surface area contributed by atoms with Gasteiger partial charge in [-0.05, 0) is 24.6 Å². The Morgan fingerprint density at radius 3 is 2.47 bits per heavy atom. The second kappa shape index (κ2) is 6.25. The van der Waals surface area contributed by atoms with Gasteiger partial charge < -0.3 is 15.3 Å². The number of benzene rings is 1. The van der Waals surface area contributed by atoms with Crippen LogP contribution in [0.4, 0.5) is 5.69 Å². The summed E-state index contributed by atoms with van der Waals surface area (Å²) in [7, 11) is 3.58. The molecule has 0 radical (unpaired) electrons. The summed E-state index contributed by atoms with van der Waals surface area (Å²) in [4.78, 5) is 13.1. The molecule has 2 N–H and O–H groups in total. The fraction of sp³-hybridized carbons (Fsp3) is 0.462. The molecule has 0 aliphatic rings. The van der Waals surface area contributed by atoms with E-state index in [1.807, 2.05) is 36.2 Å². The lowest BCUT2D eigenvalue weighted by molar-refractivity contribution is -0.120. The van der Waals surface area contributed by atoms with Gasteiger partial charge in [0.15, 0.2) is 0 Å². The van der Waals surface area contributed by atoms with Crippen LogP contribution in [0.15, 0.2) is 24.3 Å². The van der Waals surface area contributed by atoms with Crippen LogP contribution in [0.1, 0.15) is 25.0 Å². The summed E-state index contributed by atoms with van der Waals surface area (Å²) >= 11 is 0. The number of amides is 1. The maximum absolute atomic E-state index is 11.1. The third kappa shape index (κ3) is 4.07. The maximum atomic E-state index is 11.1. The van der Waals surface area contributed by atoms with Crippen molar-refractivity contribution < 1.29 is 9.90 Å². The normalized spacial score (nSPS) is 12.0. The summed E-state index contributed by atoms with van der Waals surface area (Å²) < 4.78 is 0. The number of hydrogen-bond acceptors (Lipinski definition) is 3. The standard InChI is InChI=1S/C13H20N2O2/c1-10(16)11-4-6-12(7-5-11)15(3)9-8-13(17)14-2/h4-7,10,16H,8-9H2,1-3H3,(H,14,17). The summed E-state index contributed by atoms with van der Waals surface area (Å²) in [6.07, 6.45) is 0.0331. The van der Waals surface area contributed by atoms with E-state index in [1.165, 1.54) is 0 Å². The van der Waals surface area contributed by atoms with Crippen molar-refractivity contribution in [1.29, 1.82) is 0 Å². The summed E-state index contributed by atoms with van der Waals surface area (Å²) in [5, 5.41) is 12.0. The Morgan fingerprint density at radius 2 is 2.00 bits per heavy atom. The lowest BCUT2D eigenvalue weighted by atomic mass is 10.1. The number of carbonyl (C=O) groups is 1. The van der Waals surface area contributed by atoms with E-state index in [0.29, 0.717) is 13.0 Å². The molecule has 0 bridgehead atoms. The quantitative estimate of drug-likeness (QED) is 0.810. The summed E-state index contributed by atoms with van der Waals surface area (Å²) in [5.41, 5.74) is 1.94. The van der Waals surface area contributed by atoms with Crippen LogP contribution in [-0.4, -0.2) is 31.7 Å². The zero-order valence-corrected chi connectivity index (χ0v) is 10.6. The van der Waals surface area contributed by atoms with Crippen molar-refractivity contribution in [2.45, 2.75) is 19.4 Å². The van der Waals surface area contributed by atoms with Gasteiger partial charge in [-0.15, -0.1) is 0 Å². The Morgan fingerprint density at radius 1 is 1.41 bits per heavy atom. The zero-order valence-electron chi connectivity index (χ0n) is 10.6. The highest BCUT2D eigenvalue weighted by atomic mass is 16.3. The number of carbonyl (C=O) groups excluding carboxylic acids is 1. The first-order valence-corrected chi connectivity index (χ1v) is 5.74. The van der Waals surface area contributed by atoms with E-state index in [0.717, 1.165) is 11.3 Å². The molecule has 0 saturated carbocycles. The van der Waals surface area contributed by atoms with E-state index >= 15 is 0 Å². The lowest BCUT2D eigenvalue weighted by Crippen LogP contribution is -2.26. The SMILES string of the molecule is CNC(=O)CCN(C)c1ccc(C(C)O)cc1. The van der Waals surface area contributed by atoms with Crippen molar-refractivity contribution in [2.24, 2.45) is 0 Å². The first-order chi connectivity index (χ1) is 8.04. The van der Waals surface area contributed by atoms with Gasteiger partial charge in [-0.1, -0.05) is 12.1 Å². The van der Waals surface area contributed by atoms with Crippen LogP contribution in [0.5, 0.6) is 0 Å². The van der Waals surface area contributed by atoms with E-state index < -0.39 is 6.10 Å². The van der Waals surface area contributed by atoms with Crippen molar-refractivity contribution >= 4 is 11.6 Å². The smallest absolute Gasteiger partial charge is 0.221 e. The highest BCUT2D eigenvalue weighted by Crippen LogP contribution is 2.18. The molecule has 1 aromatic rings. The van der Waals surface area contributed by atoms with Crippen molar-refractivity contribution in [3.63, 3.8) is 0 Å². The minimum absolute atomic E-state index is 0.0393. The second-order valence-electron chi connectivity index (χ2n) is 4.11. The number of aliphatic hydroxyl groups is 1. The molecule has 1 rings (SSSR count). The van der Waals surface area contributed by atoms with E-state index in [4.69, 9.17) is 0 Å². The van der Waals surface area contributed by atoms with E-state index in [2.05, 4.69) is 5.32 Å². The number of nitrogens with one attached hydrogen (secondary N) is 1. The van der Waals surface area contributed by atoms with E-state index in [-0.39, 0.29) is 5.91 Å². The van der Waals surface area contributed by atoms with Crippen LogP contribution in [0.25, 0.3) is 0 Å². The summed E-state index contributed by atoms with van der Waals surface area (Å²) in [6.45, 7) is 2.41. The Hall–Kier alpha value is -1.55. The van der Waals surface area contributed by atoms with Crippen LogP contribution in [0.2, 0.25) is 0 Å². The van der Waals surface area contributed by atoms with Crippen LogP contribution >= 0.6 is 0 Å². The molecule has 1 atom stereocenters. The molecule has 0 aliphatic heterocycles. The zero-order chi connectivity index (χ0) is 12.8. The topological polar surface area (TPSA) is 52.6 Å². The van der Waals surface area contributed by atoms with E-state index in [1.54, 1.807) is 14.0 Å². The minimum atomic E-state index is -0.444. The van der Waals surface area contributed by atoms with Gasteiger partial charge in [0, 0.05) is 32.7 Å². The first kappa shape index (κ1) is 13.5. The Bertz CT molecular complexity index is 360. The number of nitrogens with zero attached hydrogens (tertiary/aromatic N) is 1. The minimum Gasteiger partial charge on any atom is -0.389 e. The monoisotopic (exact) mass is 236 g/mol. The van der Waals surface area contributed by atoms with Gasteiger partial charge >= 0.3 is 0 Å². The van der Waals surface area contributed by atoms with Gasteiger partial charge in [0.05, 0.1) is 6.10 Å². The summed E-state index contributed by atoms with van der Waals surface area (Å²) in [6, 6.07) is 7.70.